The first-order valence-corrected chi connectivity index (χ1v) is 15.3. The van der Waals surface area contributed by atoms with Gasteiger partial charge in [0, 0.05) is 32.9 Å². The van der Waals surface area contributed by atoms with E-state index in [9.17, 15) is 4.11 Å². The molecule has 0 bridgehead atoms. The van der Waals surface area contributed by atoms with Gasteiger partial charge in [-0.15, -0.1) is 0 Å². The van der Waals surface area contributed by atoms with E-state index in [0.29, 0.717) is 32.9 Å². The minimum atomic E-state index is -0.790. The zero-order chi connectivity index (χ0) is 53.0. The Morgan fingerprint density at radius 2 is 0.880 bits per heavy atom. The highest BCUT2D eigenvalue weighted by atomic mass is 15.0. The van der Waals surface area contributed by atoms with Crippen LogP contribution in [0.15, 0.2) is 194 Å². The molecule has 0 aliphatic carbocycles. The predicted octanol–water partition coefficient (Wildman–Crippen LogP) is 12.9. The van der Waals surface area contributed by atoms with Crippen molar-refractivity contribution in [3.05, 3.63) is 194 Å². The molecule has 50 heavy (non-hydrogen) atoms. The number of para-hydroxylation sites is 2. The summed E-state index contributed by atoms with van der Waals surface area (Å²) in [4.78, 5) is 0. The van der Waals surface area contributed by atoms with Crippen LogP contribution >= 0.6 is 0 Å². The molecule has 2 heterocycles. The summed E-state index contributed by atoms with van der Waals surface area (Å²) in [5.74, 6) is 0. The van der Waals surface area contributed by atoms with Crippen LogP contribution in [0.5, 0.6) is 0 Å². The SMILES string of the molecule is [2H]c1ccc2c(c1)c1cc(-c3ccc4c(c3)c3c([2H])c([2H])c([2H])c([2H])c3n4-c3c([2H])c([2H])c([2H])c(-c4c([2H])c([2H])c([2H])c([2H])c4[2H])c3[2H])ccc1n2-c1c([2H])c([2H])c(-c2c([2H])c([2H])c([2H])c([2H])c2[2H])c([2H])c1[2H]. The highest BCUT2D eigenvalue weighted by molar-refractivity contribution is 6.12. The maximum atomic E-state index is 9.47. The van der Waals surface area contributed by atoms with Gasteiger partial charge >= 0.3 is 0 Å². The van der Waals surface area contributed by atoms with E-state index in [4.69, 9.17) is 27.4 Å². The Morgan fingerprint density at radius 3 is 1.60 bits per heavy atom. The van der Waals surface area contributed by atoms with Crippen molar-refractivity contribution < 1.29 is 31.5 Å². The molecule has 0 aliphatic heterocycles. The highest BCUT2D eigenvalue weighted by Crippen LogP contribution is 2.39. The molecule has 2 aromatic heterocycles. The van der Waals surface area contributed by atoms with Crippen molar-refractivity contribution in [3.63, 3.8) is 0 Å². The molecule has 10 rings (SSSR count). The molecule has 0 fully saturated rings. The summed E-state index contributed by atoms with van der Waals surface area (Å²) < 4.78 is 203. The van der Waals surface area contributed by atoms with Crippen LogP contribution in [-0.4, -0.2) is 9.13 Å². The van der Waals surface area contributed by atoms with E-state index in [0.717, 1.165) is 0 Å². The van der Waals surface area contributed by atoms with Gasteiger partial charge in [-0.3, -0.25) is 0 Å². The number of benzene rings is 8. The van der Waals surface area contributed by atoms with Crippen LogP contribution in [0.25, 0.3) is 88.4 Å². The summed E-state index contributed by atoms with van der Waals surface area (Å²) in [6, 6.07) is -0.780. The van der Waals surface area contributed by atoms with Gasteiger partial charge in [0.1, 0.15) is 0 Å². The van der Waals surface area contributed by atoms with Crippen LogP contribution in [0.1, 0.15) is 31.5 Å². The zero-order valence-corrected chi connectivity index (χ0v) is 25.6. The lowest BCUT2D eigenvalue weighted by molar-refractivity contribution is 1.18. The van der Waals surface area contributed by atoms with Crippen LogP contribution in [-0.2, 0) is 0 Å². The van der Waals surface area contributed by atoms with Crippen molar-refractivity contribution in [2.24, 2.45) is 0 Å². The van der Waals surface area contributed by atoms with Crippen molar-refractivity contribution in [3.8, 4) is 44.8 Å². The molecule has 0 aliphatic rings. The van der Waals surface area contributed by atoms with Crippen molar-refractivity contribution in [2.75, 3.05) is 0 Å². The first-order valence-electron chi connectivity index (χ1n) is 26.8. The van der Waals surface area contributed by atoms with Gasteiger partial charge in [0.25, 0.3) is 0 Å². The summed E-state index contributed by atoms with van der Waals surface area (Å²) in [7, 11) is 0. The molecule has 0 saturated heterocycles. The third-order valence-corrected chi connectivity index (χ3v) is 8.51. The standard InChI is InChI=1S/C48H32N2/c1-3-12-33(13-4-1)35-22-26-39(27-23-35)49-45-20-9-7-18-41(45)43-31-37(24-28-47(43)49)38-25-29-48-44(32-38)42-19-8-10-21-46(42)50(48)40-17-11-16-36(30-40)34-14-5-2-6-15-34/h1-32H/i1D,2D,3D,4D,5D,6D,7D,8D,10D,11D,12D,13D,14D,15D,16D,17D,19D,21D,22D,23D,26D,27D,30D. The van der Waals surface area contributed by atoms with Crippen molar-refractivity contribution in [2.45, 2.75) is 0 Å². The van der Waals surface area contributed by atoms with E-state index in [1.807, 2.05) is 0 Å². The molecule has 0 saturated carbocycles. The van der Waals surface area contributed by atoms with Gasteiger partial charge in [-0.25, -0.2) is 0 Å². The fourth-order valence-corrected chi connectivity index (χ4v) is 6.33. The second kappa shape index (κ2) is 11.5. The molecular weight excluding hydrogens is 605 g/mol. The quantitative estimate of drug-likeness (QED) is 0.174. The molecule has 234 valence electrons. The van der Waals surface area contributed by atoms with Crippen molar-refractivity contribution >= 4 is 43.6 Å². The molecule has 0 N–H and O–H groups in total. The summed E-state index contributed by atoms with van der Waals surface area (Å²) in [6.07, 6.45) is 0. The van der Waals surface area contributed by atoms with Crippen molar-refractivity contribution in [1.82, 2.24) is 9.13 Å². The van der Waals surface area contributed by atoms with Crippen LogP contribution in [0.4, 0.5) is 0 Å². The van der Waals surface area contributed by atoms with Gasteiger partial charge in [-0.2, -0.15) is 0 Å². The van der Waals surface area contributed by atoms with Crippen LogP contribution in [0.2, 0.25) is 0 Å². The van der Waals surface area contributed by atoms with Gasteiger partial charge in [0.2, 0.25) is 0 Å². The summed E-state index contributed by atoms with van der Waals surface area (Å²) in [5.41, 5.74) is -1.25. The number of hydrogen-bond donors (Lipinski definition) is 0. The number of hydrogen-bond acceptors (Lipinski definition) is 0. The van der Waals surface area contributed by atoms with E-state index in [-0.39, 0.29) is 33.5 Å². The average molecular weight is 660 g/mol. The Kier molecular flexibility index (Phi) is 3.15. The lowest BCUT2D eigenvalue weighted by Crippen LogP contribution is -1.94. The summed E-state index contributed by atoms with van der Waals surface area (Å²) in [6.45, 7) is 0. The van der Waals surface area contributed by atoms with Gasteiger partial charge in [0.15, 0.2) is 0 Å². The molecule has 0 radical (unpaired) electrons. The second-order valence-electron chi connectivity index (χ2n) is 11.2. The lowest BCUT2D eigenvalue weighted by Gasteiger charge is -2.11. The largest absolute Gasteiger partial charge is 0.309 e. The minimum absolute atomic E-state index is 0.0561. The molecule has 10 aromatic rings. The molecular formula is C48H32N2. The Bertz CT molecular complexity index is 4110. The highest BCUT2D eigenvalue weighted by Gasteiger charge is 2.16. The topological polar surface area (TPSA) is 9.86 Å². The molecule has 0 spiro atoms. The second-order valence-corrected chi connectivity index (χ2v) is 11.2. The molecule has 0 unspecified atom stereocenters. The first-order chi connectivity index (χ1) is 34.3. The number of rotatable bonds is 5. The van der Waals surface area contributed by atoms with Crippen LogP contribution in [0, 0.1) is 0 Å². The smallest absolute Gasteiger partial charge is 0.0651 e. The average Bonchev–Trinajstić information content (AvgIpc) is 3.87. The molecule has 0 atom stereocenters. The van der Waals surface area contributed by atoms with E-state index < -0.39 is 161 Å². The normalized spacial score (nSPS) is 18.0. The molecule has 2 heteroatoms. The third kappa shape index (κ3) is 4.57. The predicted molar refractivity (Wildman–Crippen MR) is 211 cm³/mol. The fourth-order valence-electron chi connectivity index (χ4n) is 6.33. The zero-order valence-electron chi connectivity index (χ0n) is 48.6. The Morgan fingerprint density at radius 1 is 0.320 bits per heavy atom. The van der Waals surface area contributed by atoms with Gasteiger partial charge in [0.05, 0.1) is 53.6 Å². The van der Waals surface area contributed by atoms with Gasteiger partial charge in [-0.05, 0) is 93.9 Å². The Labute approximate surface area is 323 Å². The van der Waals surface area contributed by atoms with Crippen LogP contribution < -0.4 is 0 Å². The maximum Gasteiger partial charge on any atom is 0.0651 e. The summed E-state index contributed by atoms with van der Waals surface area (Å²) in [5, 5.41) is 1.05. The minimum Gasteiger partial charge on any atom is -0.309 e. The van der Waals surface area contributed by atoms with Gasteiger partial charge < -0.3 is 9.13 Å². The molecule has 2 nitrogen and oxygen atoms in total. The Balaban J connectivity index is 1.23. The Hall–Kier alpha value is -6.64. The van der Waals surface area contributed by atoms with Crippen LogP contribution in [0.3, 0.4) is 0 Å². The monoisotopic (exact) mass is 659 g/mol. The fraction of sp³-hybridized carbons (Fsp3) is 0. The van der Waals surface area contributed by atoms with Gasteiger partial charge in [-0.1, -0.05) is 133 Å². The number of nitrogens with zero attached hydrogens (tertiary/aromatic N) is 2. The van der Waals surface area contributed by atoms with E-state index in [2.05, 4.69) is 0 Å². The maximum absolute atomic E-state index is 9.47. The van der Waals surface area contributed by atoms with E-state index >= 15 is 0 Å². The number of aromatic nitrogens is 2. The lowest BCUT2D eigenvalue weighted by atomic mass is 10.0. The summed E-state index contributed by atoms with van der Waals surface area (Å²) >= 11 is 0. The molecule has 8 aromatic carbocycles. The number of fused-ring (bicyclic) bond motifs is 6. The van der Waals surface area contributed by atoms with E-state index in [1.165, 1.54) is 21.3 Å². The first kappa shape index (κ1) is 13.7. The third-order valence-electron chi connectivity index (χ3n) is 8.51. The van der Waals surface area contributed by atoms with E-state index in [1.54, 1.807) is 42.5 Å². The van der Waals surface area contributed by atoms with Crippen molar-refractivity contribution in [1.29, 1.82) is 0 Å². The molecule has 0 amide bonds.